The molecule has 0 radical (unpaired) electrons. The topological polar surface area (TPSA) is 162 Å². The van der Waals surface area contributed by atoms with Crippen LogP contribution in [0.2, 0.25) is 0 Å². The first-order valence-corrected chi connectivity index (χ1v) is 6.03. The summed E-state index contributed by atoms with van der Waals surface area (Å²) in [6, 6.07) is 5.28. The second kappa shape index (κ2) is 5.63. The average molecular weight is 320 g/mol. The second-order valence-corrected chi connectivity index (χ2v) is 4.41. The second-order valence-electron chi connectivity index (χ2n) is 4.41. The summed E-state index contributed by atoms with van der Waals surface area (Å²) < 4.78 is 0. The van der Waals surface area contributed by atoms with E-state index in [0.29, 0.717) is 5.56 Å². The maximum atomic E-state index is 12.0. The summed E-state index contributed by atoms with van der Waals surface area (Å²) in [5.74, 6) is -4.15. The van der Waals surface area contributed by atoms with E-state index >= 15 is 0 Å². The van der Waals surface area contributed by atoms with Crippen molar-refractivity contribution in [1.82, 2.24) is 4.98 Å². The zero-order chi connectivity index (χ0) is 17.2. The summed E-state index contributed by atoms with van der Waals surface area (Å²) >= 11 is 0. The molecule has 2 rings (SSSR count). The largest absolute Gasteiger partial charge is 0.728 e. The van der Waals surface area contributed by atoms with E-state index in [1.165, 1.54) is 18.5 Å². The molecule has 0 aliphatic heterocycles. The van der Waals surface area contributed by atoms with E-state index < -0.39 is 31.9 Å². The Balaban J connectivity index is 2.49. The summed E-state index contributed by atoms with van der Waals surface area (Å²) in [5.41, 5.74) is -0.373. The molecular formula is C12H8N4O7. The van der Waals surface area contributed by atoms with E-state index in [4.69, 9.17) is 0 Å². The quantitative estimate of drug-likeness (QED) is 0.361. The Morgan fingerprint density at radius 2 is 1.39 bits per heavy atom. The molecule has 0 bridgehead atoms. The van der Waals surface area contributed by atoms with Crippen LogP contribution in [0.5, 0.6) is 0 Å². The third-order valence-electron chi connectivity index (χ3n) is 3.16. The minimum absolute atomic E-state index is 0.0808. The molecule has 11 heteroatoms. The number of H-pyrrole nitrogens is 1. The number of benzene rings is 1. The van der Waals surface area contributed by atoms with Crippen LogP contribution in [-0.4, -0.2) is 25.5 Å². The highest BCUT2D eigenvalue weighted by Gasteiger charge is 2.72. The highest BCUT2D eigenvalue weighted by Crippen LogP contribution is 2.27. The normalized spacial score (nSPS) is 11.0. The third-order valence-corrected chi connectivity index (χ3v) is 3.16. The Kier molecular flexibility index (Phi) is 3.86. The molecule has 0 atom stereocenters. The molecule has 0 spiro atoms. The number of rotatable bonds is 6. The first-order chi connectivity index (χ1) is 10.8. The van der Waals surface area contributed by atoms with Gasteiger partial charge in [0.05, 0.1) is 0 Å². The van der Waals surface area contributed by atoms with Crippen molar-refractivity contribution in [2.24, 2.45) is 0 Å². The van der Waals surface area contributed by atoms with Crippen LogP contribution < -0.4 is 0 Å². The standard InChI is InChI=1S/C12H8N4O7/c17-11(9-5-6-13-7-9)8-1-3-10(4-2-8)12(14(18)19,15(20)21)16(22)23/h1-7,13H. The van der Waals surface area contributed by atoms with Crippen molar-refractivity contribution in [3.8, 4) is 0 Å². The van der Waals surface area contributed by atoms with Gasteiger partial charge in [-0.15, -0.1) is 0 Å². The maximum Gasteiger partial charge on any atom is 0.728 e. The Bertz CT molecular complexity index is 746. The molecule has 1 aromatic heterocycles. The van der Waals surface area contributed by atoms with Crippen molar-refractivity contribution >= 4 is 5.78 Å². The van der Waals surface area contributed by atoms with Crippen LogP contribution >= 0.6 is 0 Å². The molecule has 1 aromatic carbocycles. The average Bonchev–Trinajstić information content (AvgIpc) is 3.01. The Hall–Kier alpha value is -3.63. The van der Waals surface area contributed by atoms with Gasteiger partial charge >= 0.3 is 5.79 Å². The van der Waals surface area contributed by atoms with E-state index in [9.17, 15) is 35.1 Å². The van der Waals surface area contributed by atoms with E-state index in [1.807, 2.05) is 0 Å². The number of aromatic nitrogens is 1. The predicted octanol–water partition coefficient (Wildman–Crippen LogP) is 1.19. The van der Waals surface area contributed by atoms with Gasteiger partial charge in [-0.25, -0.2) is 0 Å². The lowest BCUT2D eigenvalue weighted by molar-refractivity contribution is -0.986. The summed E-state index contributed by atoms with van der Waals surface area (Å²) in [5, 5.41) is 32.9. The molecule has 0 fully saturated rings. The molecule has 11 nitrogen and oxygen atoms in total. The fourth-order valence-corrected chi connectivity index (χ4v) is 1.99. The zero-order valence-corrected chi connectivity index (χ0v) is 11.2. The summed E-state index contributed by atoms with van der Waals surface area (Å²) in [4.78, 5) is 42.8. The van der Waals surface area contributed by atoms with Crippen LogP contribution in [0, 0.1) is 30.3 Å². The lowest BCUT2D eigenvalue weighted by Crippen LogP contribution is -2.50. The molecular weight excluding hydrogens is 312 g/mol. The lowest BCUT2D eigenvalue weighted by atomic mass is 10.0. The number of nitrogens with one attached hydrogen (secondary N) is 1. The fraction of sp³-hybridized carbons (Fsp3) is 0.0833. The van der Waals surface area contributed by atoms with Gasteiger partial charge in [-0.1, -0.05) is 0 Å². The molecule has 0 aliphatic rings. The molecule has 0 unspecified atom stereocenters. The van der Waals surface area contributed by atoms with Gasteiger partial charge in [0.25, 0.3) is 0 Å². The molecule has 2 aromatic rings. The minimum Gasteiger partial charge on any atom is -0.367 e. The molecule has 0 aliphatic carbocycles. The van der Waals surface area contributed by atoms with E-state index in [0.717, 1.165) is 24.3 Å². The van der Waals surface area contributed by atoms with Crippen molar-refractivity contribution in [3.63, 3.8) is 0 Å². The SMILES string of the molecule is O=C(c1ccc(C([N+](=O)[O-])([N+](=O)[O-])[N+](=O)[O-])cc1)c1cc[nH]c1. The van der Waals surface area contributed by atoms with Gasteiger partial charge in [0, 0.05) is 23.5 Å². The molecule has 0 saturated carbocycles. The molecule has 23 heavy (non-hydrogen) atoms. The van der Waals surface area contributed by atoms with E-state index in [-0.39, 0.29) is 5.56 Å². The summed E-state index contributed by atoms with van der Waals surface area (Å²) in [7, 11) is 0. The summed E-state index contributed by atoms with van der Waals surface area (Å²) in [6.45, 7) is 0. The minimum atomic E-state index is -3.71. The smallest absolute Gasteiger partial charge is 0.367 e. The number of nitrogens with zero attached hydrogens (tertiary/aromatic N) is 3. The molecule has 0 amide bonds. The van der Waals surface area contributed by atoms with Crippen LogP contribution in [0.25, 0.3) is 0 Å². The molecule has 1 N–H and O–H groups in total. The van der Waals surface area contributed by atoms with Gasteiger partial charge < -0.3 is 4.98 Å². The zero-order valence-electron chi connectivity index (χ0n) is 11.2. The maximum absolute atomic E-state index is 12.0. The van der Waals surface area contributed by atoms with Gasteiger partial charge in [0.15, 0.2) is 26.1 Å². The van der Waals surface area contributed by atoms with Gasteiger partial charge in [0.2, 0.25) is 0 Å². The van der Waals surface area contributed by atoms with Crippen LogP contribution in [0.15, 0.2) is 42.7 Å². The van der Waals surface area contributed by atoms with E-state index in [1.54, 1.807) is 0 Å². The van der Waals surface area contributed by atoms with Gasteiger partial charge in [-0.2, -0.15) is 0 Å². The van der Waals surface area contributed by atoms with Gasteiger partial charge in [-0.3, -0.25) is 35.1 Å². The number of nitro groups is 3. The van der Waals surface area contributed by atoms with Crippen molar-refractivity contribution in [2.75, 3.05) is 0 Å². The summed E-state index contributed by atoms with van der Waals surface area (Å²) in [6.07, 6.45) is 2.93. The Morgan fingerprint density at radius 3 is 1.78 bits per heavy atom. The number of ketones is 1. The monoisotopic (exact) mass is 320 g/mol. The highest BCUT2D eigenvalue weighted by molar-refractivity contribution is 6.08. The number of carbonyl (C=O) groups is 1. The van der Waals surface area contributed by atoms with Crippen molar-refractivity contribution in [2.45, 2.75) is 5.79 Å². The van der Waals surface area contributed by atoms with Gasteiger partial charge in [0.1, 0.15) is 0 Å². The van der Waals surface area contributed by atoms with Crippen molar-refractivity contribution < 1.29 is 19.6 Å². The Morgan fingerprint density at radius 1 is 0.870 bits per heavy atom. The Labute approximate surface area is 127 Å². The van der Waals surface area contributed by atoms with Crippen molar-refractivity contribution in [1.29, 1.82) is 0 Å². The van der Waals surface area contributed by atoms with Crippen LogP contribution in [0.4, 0.5) is 0 Å². The van der Waals surface area contributed by atoms with Crippen LogP contribution in [-0.2, 0) is 5.79 Å². The molecule has 1 heterocycles. The first kappa shape index (κ1) is 15.8. The van der Waals surface area contributed by atoms with Gasteiger partial charge in [-0.05, 0) is 30.3 Å². The number of hydrogen-bond acceptors (Lipinski definition) is 7. The lowest BCUT2D eigenvalue weighted by Gasteiger charge is -2.09. The number of carbonyl (C=O) groups excluding carboxylic acids is 1. The number of aromatic amines is 1. The molecule has 118 valence electrons. The third kappa shape index (κ3) is 2.39. The van der Waals surface area contributed by atoms with Crippen LogP contribution in [0.1, 0.15) is 21.5 Å². The first-order valence-electron chi connectivity index (χ1n) is 6.03. The number of hydrogen-bond donors (Lipinski definition) is 1. The van der Waals surface area contributed by atoms with Crippen LogP contribution in [0.3, 0.4) is 0 Å². The highest BCUT2D eigenvalue weighted by atomic mass is 16.7. The van der Waals surface area contributed by atoms with E-state index in [2.05, 4.69) is 4.98 Å². The van der Waals surface area contributed by atoms with Crippen molar-refractivity contribution in [3.05, 3.63) is 89.8 Å². The molecule has 0 saturated heterocycles. The fourth-order valence-electron chi connectivity index (χ4n) is 1.99. The predicted molar refractivity (Wildman–Crippen MR) is 73.3 cm³/mol.